The van der Waals surface area contributed by atoms with E-state index in [9.17, 15) is 4.79 Å². The first-order valence-electron chi connectivity index (χ1n) is 13.9. The van der Waals surface area contributed by atoms with Crippen LogP contribution in [-0.2, 0) is 21.3 Å². The molecule has 0 radical (unpaired) electrons. The first-order chi connectivity index (χ1) is 21.4. The van der Waals surface area contributed by atoms with Gasteiger partial charge in [0.25, 0.3) is 0 Å². The number of fused-ring (bicyclic) bond motifs is 1. The van der Waals surface area contributed by atoms with Crippen molar-refractivity contribution in [2.75, 3.05) is 6.61 Å². The van der Waals surface area contributed by atoms with Crippen LogP contribution in [0.25, 0.3) is 22.2 Å². The summed E-state index contributed by atoms with van der Waals surface area (Å²) in [6, 6.07) is 17.2. The molecule has 1 atom stereocenters. The number of hydrogen-bond donors (Lipinski definition) is 0. The highest BCUT2D eigenvalue weighted by molar-refractivity contribution is 14.2. The number of aryl methyl sites for hydroxylation is 1. The Bertz CT molecular complexity index is 1810. The van der Waals surface area contributed by atoms with Gasteiger partial charge in [0, 0.05) is 77.0 Å². The largest absolute Gasteiger partial charge is 0.466 e. The average Bonchev–Trinajstić information content (AvgIpc) is 3.67. The molecule has 0 bridgehead atoms. The predicted molar refractivity (Wildman–Crippen MR) is 184 cm³/mol. The number of benzene rings is 3. The Balaban J connectivity index is 1.42. The Hall–Kier alpha value is -3.16. The molecule has 0 fully saturated rings. The molecule has 2 heterocycles. The molecule has 0 aliphatic carbocycles. The Morgan fingerprint density at radius 2 is 1.98 bits per heavy atom. The van der Waals surface area contributed by atoms with Crippen molar-refractivity contribution in [1.82, 2.24) is 13.8 Å². The van der Waals surface area contributed by atoms with Crippen LogP contribution in [0.4, 0.5) is 8.78 Å². The number of rotatable bonds is 13. The van der Waals surface area contributed by atoms with Gasteiger partial charge in [0.15, 0.2) is 11.6 Å². The van der Waals surface area contributed by atoms with Crippen molar-refractivity contribution in [2.24, 2.45) is 0 Å². The van der Waals surface area contributed by atoms with E-state index in [0.29, 0.717) is 42.5 Å². The molecular weight excluding hydrogens is 763 g/mol. The zero-order chi connectivity index (χ0) is 31.2. The number of carbonyl (C=O) groups excluding carboxylic acids is 1. The highest BCUT2D eigenvalue weighted by Gasteiger charge is 2.20. The molecule has 0 N–H and O–H groups in total. The number of alkyl halides is 1. The number of hydrogen-bond acceptors (Lipinski definition) is 5. The maximum absolute atomic E-state index is 15.3. The molecule has 0 saturated carbocycles. The van der Waals surface area contributed by atoms with Gasteiger partial charge in [0.05, 0.1) is 23.9 Å². The van der Waals surface area contributed by atoms with E-state index in [4.69, 9.17) is 14.6 Å². The number of halogens is 4. The van der Waals surface area contributed by atoms with E-state index >= 15 is 8.78 Å². The van der Waals surface area contributed by atoms with Gasteiger partial charge >= 0.3 is 5.97 Å². The van der Waals surface area contributed by atoms with E-state index in [-0.39, 0.29) is 29.1 Å². The van der Waals surface area contributed by atoms with E-state index in [1.165, 1.54) is 33.4 Å². The van der Waals surface area contributed by atoms with Crippen LogP contribution in [0.5, 0.6) is 11.5 Å². The highest BCUT2D eigenvalue weighted by Crippen LogP contribution is 2.39. The summed E-state index contributed by atoms with van der Waals surface area (Å²) in [6.45, 7) is 6.06. The fourth-order valence-electron chi connectivity index (χ4n) is 5.11. The second kappa shape index (κ2) is 14.7. The minimum Gasteiger partial charge on any atom is -0.466 e. The molecule has 5 aromatic rings. The molecular formula is C33H29BrF2IN3O3S. The molecule has 6 nitrogen and oxygen atoms in total. The molecule has 228 valence electrons. The quantitative estimate of drug-likeness (QED) is 0.0515. The number of esters is 1. The molecule has 5 rings (SSSR count). The third-order valence-electron chi connectivity index (χ3n) is 7.19. The van der Waals surface area contributed by atoms with Crippen LogP contribution in [0.15, 0.2) is 85.7 Å². The Morgan fingerprint density at radius 1 is 1.14 bits per heavy atom. The Labute approximate surface area is 279 Å². The number of nitrogens with zero attached hydrogens (tertiary/aromatic N) is 3. The summed E-state index contributed by atoms with van der Waals surface area (Å²) in [7, 11) is 1.45. The minimum absolute atomic E-state index is 0.0857. The SMILES string of the molecule is C=CCC(c1cccc(CCC(=O)OCC)c1)n1ccc(-c2cc(Oc3c(F)cc4c(ccn4SI)c3CBr)ccc2F)n1. The lowest BCUT2D eigenvalue weighted by atomic mass is 9.99. The van der Waals surface area contributed by atoms with Crippen molar-refractivity contribution in [1.29, 1.82) is 0 Å². The molecule has 11 heteroatoms. The first-order valence-corrected chi connectivity index (χ1v) is 18.4. The summed E-state index contributed by atoms with van der Waals surface area (Å²) < 4.78 is 45.3. The van der Waals surface area contributed by atoms with Gasteiger partial charge in [-0.1, -0.05) is 46.3 Å². The van der Waals surface area contributed by atoms with Crippen LogP contribution in [0.2, 0.25) is 0 Å². The normalized spacial score (nSPS) is 11.9. The number of allylic oxidation sites excluding steroid dienone is 1. The van der Waals surface area contributed by atoms with Gasteiger partial charge in [0.2, 0.25) is 0 Å². The lowest BCUT2D eigenvalue weighted by Crippen LogP contribution is -2.11. The van der Waals surface area contributed by atoms with E-state index in [2.05, 4.69) is 43.7 Å². The molecule has 3 aromatic carbocycles. The summed E-state index contributed by atoms with van der Waals surface area (Å²) >= 11 is 5.63. The van der Waals surface area contributed by atoms with Gasteiger partial charge in [-0.3, -0.25) is 13.4 Å². The Morgan fingerprint density at radius 3 is 2.73 bits per heavy atom. The van der Waals surface area contributed by atoms with Crippen molar-refractivity contribution in [3.8, 4) is 22.8 Å². The van der Waals surface area contributed by atoms with Crippen LogP contribution >= 0.6 is 46.3 Å². The summed E-state index contributed by atoms with van der Waals surface area (Å²) in [5, 5.41) is 5.97. The summed E-state index contributed by atoms with van der Waals surface area (Å²) in [5.74, 6) is -0.842. The van der Waals surface area contributed by atoms with Gasteiger partial charge in [-0.15, -0.1) is 6.58 Å². The molecule has 2 aromatic heterocycles. The number of carbonyl (C=O) groups is 1. The van der Waals surface area contributed by atoms with Gasteiger partial charge < -0.3 is 9.47 Å². The number of aromatic nitrogens is 3. The fraction of sp³-hybridized carbons (Fsp3) is 0.212. The summed E-state index contributed by atoms with van der Waals surface area (Å²) in [6.07, 6.45) is 6.93. The Kier molecular flexibility index (Phi) is 10.8. The fourth-order valence-corrected chi connectivity index (χ4v) is 7.03. The first kappa shape index (κ1) is 32.2. The van der Waals surface area contributed by atoms with Gasteiger partial charge in [0.1, 0.15) is 11.6 Å². The van der Waals surface area contributed by atoms with Crippen molar-refractivity contribution in [2.45, 2.75) is 37.6 Å². The van der Waals surface area contributed by atoms with E-state index in [0.717, 1.165) is 22.0 Å². The van der Waals surface area contributed by atoms with E-state index < -0.39 is 11.6 Å². The molecule has 0 aliphatic heterocycles. The zero-order valence-electron chi connectivity index (χ0n) is 23.8. The van der Waals surface area contributed by atoms with E-state index in [1.807, 2.05) is 46.6 Å². The van der Waals surface area contributed by atoms with Crippen LogP contribution in [0, 0.1) is 11.6 Å². The summed E-state index contributed by atoms with van der Waals surface area (Å²) in [4.78, 5) is 11.9. The van der Waals surface area contributed by atoms with Crippen molar-refractivity contribution >= 4 is 63.1 Å². The van der Waals surface area contributed by atoms with Crippen molar-refractivity contribution < 1.29 is 23.0 Å². The third-order valence-corrected chi connectivity index (χ3v) is 9.49. The molecule has 0 aliphatic rings. The average molecular weight is 792 g/mol. The number of ether oxygens (including phenoxy) is 2. The van der Waals surface area contributed by atoms with Gasteiger partial charge in [-0.25, -0.2) is 8.78 Å². The van der Waals surface area contributed by atoms with Crippen LogP contribution in [-0.4, -0.2) is 26.3 Å². The molecule has 0 spiro atoms. The highest BCUT2D eigenvalue weighted by atomic mass is 127. The molecule has 0 saturated heterocycles. The monoisotopic (exact) mass is 791 g/mol. The van der Waals surface area contributed by atoms with Crippen LogP contribution in [0.3, 0.4) is 0 Å². The molecule has 0 amide bonds. The molecule has 1 unspecified atom stereocenters. The maximum Gasteiger partial charge on any atom is 0.306 e. The second-order valence-electron chi connectivity index (χ2n) is 9.96. The van der Waals surface area contributed by atoms with Crippen LogP contribution in [0.1, 0.15) is 42.5 Å². The van der Waals surface area contributed by atoms with E-state index in [1.54, 1.807) is 23.9 Å². The van der Waals surface area contributed by atoms with Crippen molar-refractivity contribution in [3.63, 3.8) is 0 Å². The second-order valence-corrected chi connectivity index (χ2v) is 12.2. The predicted octanol–water partition coefficient (Wildman–Crippen LogP) is 9.98. The minimum atomic E-state index is -0.510. The van der Waals surface area contributed by atoms with Crippen molar-refractivity contribution in [3.05, 3.63) is 114 Å². The zero-order valence-corrected chi connectivity index (χ0v) is 28.4. The smallest absolute Gasteiger partial charge is 0.306 e. The van der Waals surface area contributed by atoms with Gasteiger partial charge in [-0.05, 0) is 61.2 Å². The maximum atomic E-state index is 15.3. The standard InChI is InChI=1S/C33H29BrF2IN3O3S/c1-3-6-30(22-8-5-7-21(17-22)9-12-32(41)42-4-2)39-15-14-29(38-39)25-18-23(10-11-27(25)35)43-33-26(20-34)24-13-16-40(44-37)31(24)19-28(33)36/h3,5,7-8,10-11,13-19,30H,1,4,6,9,12,20H2,2H3. The topological polar surface area (TPSA) is 58.3 Å². The lowest BCUT2D eigenvalue weighted by Gasteiger charge is -2.18. The molecule has 44 heavy (non-hydrogen) atoms. The third kappa shape index (κ3) is 7.05. The van der Waals surface area contributed by atoms with Crippen LogP contribution < -0.4 is 4.74 Å². The van der Waals surface area contributed by atoms with Gasteiger partial charge in [-0.2, -0.15) is 5.10 Å². The lowest BCUT2D eigenvalue weighted by molar-refractivity contribution is -0.143. The summed E-state index contributed by atoms with van der Waals surface area (Å²) in [5.41, 5.74) is 4.04.